The summed E-state index contributed by atoms with van der Waals surface area (Å²) in [5.74, 6) is 1.31. The first-order valence-electron chi connectivity index (χ1n) is 12.9. The number of hydrogen-bond acceptors (Lipinski definition) is 1. The summed E-state index contributed by atoms with van der Waals surface area (Å²) in [7, 11) is 0. The van der Waals surface area contributed by atoms with Crippen LogP contribution >= 0.6 is 0 Å². The van der Waals surface area contributed by atoms with Gasteiger partial charge in [-0.15, -0.1) is 0 Å². The summed E-state index contributed by atoms with van der Waals surface area (Å²) < 4.78 is 2.40. The minimum atomic E-state index is 1.16. The summed E-state index contributed by atoms with van der Waals surface area (Å²) in [6.07, 6.45) is 32.2. The highest BCUT2D eigenvalue weighted by Gasteiger charge is 2.02. The van der Waals surface area contributed by atoms with E-state index < -0.39 is 0 Å². The molecule has 0 aromatic carbocycles. The fraction of sp³-hybridized carbons (Fsp3) is 0.885. The molecule has 164 valence electrons. The molecule has 2 heteroatoms. The Morgan fingerprint density at radius 2 is 1.00 bits per heavy atom. The average molecular weight is 391 g/mol. The van der Waals surface area contributed by atoms with Crippen LogP contribution in [0.25, 0.3) is 0 Å². The first kappa shape index (κ1) is 25.2. The summed E-state index contributed by atoms with van der Waals surface area (Å²) >= 11 is 0. The normalized spacial score (nSPS) is 11.4. The van der Waals surface area contributed by atoms with E-state index >= 15 is 0 Å². The van der Waals surface area contributed by atoms with Crippen LogP contribution in [0.5, 0.6) is 0 Å². The first-order chi connectivity index (χ1) is 13.9. The highest BCUT2D eigenvalue weighted by Crippen LogP contribution is 2.14. The molecule has 1 heterocycles. The number of nitrogens with zero attached hydrogens (tertiary/aromatic N) is 2. The van der Waals surface area contributed by atoms with Crippen LogP contribution < -0.4 is 0 Å². The van der Waals surface area contributed by atoms with Crippen LogP contribution in [0, 0.1) is 0 Å². The van der Waals surface area contributed by atoms with Crippen LogP contribution in [0.15, 0.2) is 12.4 Å². The summed E-state index contributed by atoms with van der Waals surface area (Å²) in [6, 6.07) is 0. The molecule has 28 heavy (non-hydrogen) atoms. The highest BCUT2D eigenvalue weighted by atomic mass is 15.1. The lowest BCUT2D eigenvalue weighted by atomic mass is 10.0. The molecular weight excluding hydrogens is 340 g/mol. The van der Waals surface area contributed by atoms with Gasteiger partial charge in [-0.25, -0.2) is 4.98 Å². The SMILES string of the molecule is CCCCCCCCCCCCCCCCCn1ccnc1CCCCCC. The maximum Gasteiger partial charge on any atom is 0.108 e. The largest absolute Gasteiger partial charge is 0.335 e. The lowest BCUT2D eigenvalue weighted by Crippen LogP contribution is -2.03. The third kappa shape index (κ3) is 14.2. The summed E-state index contributed by atoms with van der Waals surface area (Å²) in [4.78, 5) is 4.57. The van der Waals surface area contributed by atoms with Crippen molar-refractivity contribution in [3.8, 4) is 0 Å². The van der Waals surface area contributed by atoms with Crippen LogP contribution in [0.3, 0.4) is 0 Å². The molecule has 0 radical (unpaired) electrons. The minimum Gasteiger partial charge on any atom is -0.335 e. The van der Waals surface area contributed by atoms with Gasteiger partial charge in [-0.2, -0.15) is 0 Å². The second kappa shape index (κ2) is 19.5. The van der Waals surface area contributed by atoms with E-state index in [9.17, 15) is 0 Å². The van der Waals surface area contributed by atoms with E-state index in [-0.39, 0.29) is 0 Å². The molecule has 0 saturated heterocycles. The Morgan fingerprint density at radius 1 is 0.571 bits per heavy atom. The van der Waals surface area contributed by atoms with Crippen molar-refractivity contribution in [1.82, 2.24) is 9.55 Å². The molecule has 0 amide bonds. The fourth-order valence-electron chi connectivity index (χ4n) is 4.14. The number of unbranched alkanes of at least 4 members (excludes halogenated alkanes) is 17. The lowest BCUT2D eigenvalue weighted by molar-refractivity contribution is 0.516. The van der Waals surface area contributed by atoms with Gasteiger partial charge in [0.15, 0.2) is 0 Å². The standard InChI is InChI=1S/C26H50N2/c1-3-5-7-9-10-11-12-13-14-15-16-17-18-19-21-24-28-25-23-27-26(28)22-20-8-6-4-2/h23,25H,3-22,24H2,1-2H3. The van der Waals surface area contributed by atoms with Gasteiger partial charge in [0.05, 0.1) is 0 Å². The zero-order valence-corrected chi connectivity index (χ0v) is 19.4. The molecule has 1 aromatic rings. The smallest absolute Gasteiger partial charge is 0.108 e. The third-order valence-corrected chi connectivity index (χ3v) is 6.06. The van der Waals surface area contributed by atoms with E-state index in [0.717, 1.165) is 6.42 Å². The molecule has 0 aliphatic rings. The topological polar surface area (TPSA) is 17.8 Å². The van der Waals surface area contributed by atoms with Gasteiger partial charge < -0.3 is 4.57 Å². The molecule has 0 unspecified atom stereocenters. The second-order valence-electron chi connectivity index (χ2n) is 8.80. The maximum absolute atomic E-state index is 4.57. The van der Waals surface area contributed by atoms with Crippen molar-refractivity contribution >= 4 is 0 Å². The van der Waals surface area contributed by atoms with E-state index in [0.29, 0.717) is 0 Å². The number of hydrogen-bond donors (Lipinski definition) is 0. The Bertz CT molecular complexity index is 424. The van der Waals surface area contributed by atoms with Crippen LogP contribution in [0.4, 0.5) is 0 Å². The predicted molar refractivity (Wildman–Crippen MR) is 125 cm³/mol. The molecule has 0 spiro atoms. The van der Waals surface area contributed by atoms with Crippen molar-refractivity contribution in [3.63, 3.8) is 0 Å². The van der Waals surface area contributed by atoms with E-state index in [2.05, 4.69) is 29.6 Å². The van der Waals surface area contributed by atoms with Crippen molar-refractivity contribution in [3.05, 3.63) is 18.2 Å². The van der Waals surface area contributed by atoms with Gasteiger partial charge >= 0.3 is 0 Å². The third-order valence-electron chi connectivity index (χ3n) is 6.06. The van der Waals surface area contributed by atoms with Gasteiger partial charge in [0.2, 0.25) is 0 Å². The van der Waals surface area contributed by atoms with Crippen molar-refractivity contribution in [1.29, 1.82) is 0 Å². The zero-order valence-electron chi connectivity index (χ0n) is 19.4. The van der Waals surface area contributed by atoms with E-state index in [1.807, 2.05) is 6.20 Å². The van der Waals surface area contributed by atoms with Crippen molar-refractivity contribution in [2.24, 2.45) is 0 Å². The molecule has 0 aliphatic carbocycles. The van der Waals surface area contributed by atoms with Gasteiger partial charge in [0.1, 0.15) is 5.82 Å². The monoisotopic (exact) mass is 390 g/mol. The number of imidazole rings is 1. The van der Waals surface area contributed by atoms with Crippen molar-refractivity contribution < 1.29 is 0 Å². The summed E-state index contributed by atoms with van der Waals surface area (Å²) in [6.45, 7) is 5.74. The maximum atomic E-state index is 4.57. The molecule has 2 nitrogen and oxygen atoms in total. The van der Waals surface area contributed by atoms with Gasteiger partial charge in [-0.1, -0.05) is 123 Å². The number of rotatable bonds is 21. The number of aromatic nitrogens is 2. The van der Waals surface area contributed by atoms with E-state index in [1.54, 1.807) is 0 Å². The zero-order chi connectivity index (χ0) is 20.1. The Morgan fingerprint density at radius 3 is 1.50 bits per heavy atom. The Balaban J connectivity index is 1.85. The molecular formula is C26H50N2. The van der Waals surface area contributed by atoms with Crippen molar-refractivity contribution in [2.75, 3.05) is 0 Å². The Hall–Kier alpha value is -0.790. The molecule has 0 atom stereocenters. The lowest BCUT2D eigenvalue weighted by Gasteiger charge is -2.08. The Kier molecular flexibility index (Phi) is 17.6. The second-order valence-corrected chi connectivity index (χ2v) is 8.80. The molecule has 0 saturated carbocycles. The molecule has 0 aliphatic heterocycles. The summed E-state index contributed by atoms with van der Waals surface area (Å²) in [5, 5.41) is 0. The van der Waals surface area contributed by atoms with Gasteiger partial charge in [0.25, 0.3) is 0 Å². The van der Waals surface area contributed by atoms with E-state index in [4.69, 9.17) is 0 Å². The first-order valence-corrected chi connectivity index (χ1v) is 12.9. The predicted octanol–water partition coefficient (Wildman–Crippen LogP) is 8.88. The molecule has 1 aromatic heterocycles. The quantitative estimate of drug-likeness (QED) is 0.192. The van der Waals surface area contributed by atoms with Crippen molar-refractivity contribution in [2.45, 2.75) is 149 Å². The van der Waals surface area contributed by atoms with Gasteiger partial charge in [0, 0.05) is 25.4 Å². The van der Waals surface area contributed by atoms with Crippen LogP contribution in [0.1, 0.15) is 142 Å². The molecule has 1 rings (SSSR count). The minimum absolute atomic E-state index is 1.16. The molecule has 0 N–H and O–H groups in total. The van der Waals surface area contributed by atoms with Crippen LogP contribution in [-0.2, 0) is 13.0 Å². The average Bonchev–Trinajstić information content (AvgIpc) is 3.15. The molecule has 0 fully saturated rings. The summed E-state index contributed by atoms with van der Waals surface area (Å²) in [5.41, 5.74) is 0. The van der Waals surface area contributed by atoms with Crippen LogP contribution in [-0.4, -0.2) is 9.55 Å². The van der Waals surface area contributed by atoms with Gasteiger partial charge in [-0.3, -0.25) is 0 Å². The van der Waals surface area contributed by atoms with E-state index in [1.165, 1.54) is 134 Å². The van der Waals surface area contributed by atoms with Gasteiger partial charge in [-0.05, 0) is 12.8 Å². The molecule has 0 bridgehead atoms. The number of aryl methyl sites for hydroxylation is 2. The fourth-order valence-corrected chi connectivity index (χ4v) is 4.14. The van der Waals surface area contributed by atoms with Crippen LogP contribution in [0.2, 0.25) is 0 Å². The highest BCUT2D eigenvalue weighted by molar-refractivity contribution is 4.92. The Labute approximate surface area is 176 Å².